The molecule has 1 unspecified atom stereocenters. The smallest absolute Gasteiger partial charge is 0.168 e. The van der Waals surface area contributed by atoms with Crippen LogP contribution in [0.1, 0.15) is 19.4 Å². The zero-order valence-electron chi connectivity index (χ0n) is 12.2. The highest BCUT2D eigenvalue weighted by atomic mass is 32.2. The van der Waals surface area contributed by atoms with Gasteiger partial charge in [0.15, 0.2) is 11.6 Å². The first-order valence-corrected chi connectivity index (χ1v) is 7.80. The lowest BCUT2D eigenvalue weighted by atomic mass is 10.1. The van der Waals surface area contributed by atoms with Crippen molar-refractivity contribution in [1.82, 2.24) is 5.32 Å². The van der Waals surface area contributed by atoms with Gasteiger partial charge in [-0.2, -0.15) is 11.8 Å². The summed E-state index contributed by atoms with van der Waals surface area (Å²) in [6.07, 6.45) is 0.685. The second kappa shape index (κ2) is 8.43. The summed E-state index contributed by atoms with van der Waals surface area (Å²) >= 11 is 1.91. The van der Waals surface area contributed by atoms with Gasteiger partial charge in [0.1, 0.15) is 0 Å². The maximum atomic E-state index is 14.1. The van der Waals surface area contributed by atoms with Gasteiger partial charge in [0.25, 0.3) is 0 Å². The molecule has 0 saturated carbocycles. The predicted molar refractivity (Wildman–Crippen MR) is 81.7 cm³/mol. The lowest BCUT2D eigenvalue weighted by Gasteiger charge is -2.17. The number of hydrogen-bond acceptors (Lipinski definition) is 3. The fourth-order valence-electron chi connectivity index (χ4n) is 1.83. The molecule has 0 spiro atoms. The first kappa shape index (κ1) is 16.3. The Labute approximate surface area is 120 Å². The van der Waals surface area contributed by atoms with Crippen LogP contribution < -0.4 is 10.1 Å². The largest absolute Gasteiger partial charge is 0.494 e. The van der Waals surface area contributed by atoms with Gasteiger partial charge in [-0.05, 0) is 36.8 Å². The average molecular weight is 285 g/mol. The van der Waals surface area contributed by atoms with Crippen molar-refractivity contribution >= 4 is 11.8 Å². The van der Waals surface area contributed by atoms with Crippen LogP contribution in [0, 0.1) is 11.7 Å². The molecule has 0 bridgehead atoms. The predicted octanol–water partition coefficient (Wildman–Crippen LogP) is 3.35. The van der Waals surface area contributed by atoms with Crippen LogP contribution in [0.25, 0.3) is 0 Å². The molecular weight excluding hydrogens is 261 g/mol. The highest BCUT2D eigenvalue weighted by Crippen LogP contribution is 2.22. The highest BCUT2D eigenvalue weighted by Gasteiger charge is 2.13. The minimum absolute atomic E-state index is 0.237. The SMILES string of the molecule is CNC(CSCC(C)C)Cc1cccc(OC)c1F. The quantitative estimate of drug-likeness (QED) is 0.791. The number of halogens is 1. The van der Waals surface area contributed by atoms with E-state index in [0.29, 0.717) is 23.7 Å². The number of ether oxygens (including phenoxy) is 1. The molecule has 0 radical (unpaired) electrons. The van der Waals surface area contributed by atoms with E-state index < -0.39 is 0 Å². The standard InChI is InChI=1S/C15H24FNOS/c1-11(2)9-19-10-13(17-3)8-12-6-5-7-14(18-4)15(12)16/h5-7,11,13,17H,8-10H2,1-4H3. The molecule has 1 aromatic rings. The minimum atomic E-state index is -0.237. The molecule has 0 heterocycles. The number of benzene rings is 1. The average Bonchev–Trinajstić information content (AvgIpc) is 2.39. The summed E-state index contributed by atoms with van der Waals surface area (Å²) in [5.74, 6) is 2.90. The Morgan fingerprint density at radius 3 is 2.63 bits per heavy atom. The molecule has 0 aromatic heterocycles. The highest BCUT2D eigenvalue weighted by molar-refractivity contribution is 7.99. The zero-order chi connectivity index (χ0) is 14.3. The molecule has 1 aromatic carbocycles. The van der Waals surface area contributed by atoms with Gasteiger partial charge in [-0.1, -0.05) is 26.0 Å². The van der Waals surface area contributed by atoms with Crippen LogP contribution in [0.5, 0.6) is 5.75 Å². The van der Waals surface area contributed by atoms with Crippen LogP contribution in [0.2, 0.25) is 0 Å². The van der Waals surface area contributed by atoms with Crippen molar-refractivity contribution in [3.05, 3.63) is 29.6 Å². The van der Waals surface area contributed by atoms with Crippen LogP contribution in [-0.4, -0.2) is 31.7 Å². The Hall–Kier alpha value is -0.740. The Balaban J connectivity index is 2.60. The van der Waals surface area contributed by atoms with E-state index in [9.17, 15) is 4.39 Å². The van der Waals surface area contributed by atoms with Crippen LogP contribution in [0.15, 0.2) is 18.2 Å². The summed E-state index contributed by atoms with van der Waals surface area (Å²) in [6.45, 7) is 4.42. The molecule has 1 N–H and O–H groups in total. The molecule has 0 aliphatic heterocycles. The molecule has 19 heavy (non-hydrogen) atoms. The van der Waals surface area contributed by atoms with E-state index in [1.165, 1.54) is 7.11 Å². The number of thioether (sulfide) groups is 1. The summed E-state index contributed by atoms with van der Waals surface area (Å²) < 4.78 is 19.1. The fraction of sp³-hybridized carbons (Fsp3) is 0.600. The number of nitrogens with one attached hydrogen (secondary N) is 1. The molecule has 0 amide bonds. The molecule has 0 saturated heterocycles. The zero-order valence-corrected chi connectivity index (χ0v) is 13.0. The van der Waals surface area contributed by atoms with E-state index in [2.05, 4.69) is 19.2 Å². The lowest BCUT2D eigenvalue weighted by Crippen LogP contribution is -2.30. The summed E-state index contributed by atoms with van der Waals surface area (Å²) in [5.41, 5.74) is 0.712. The topological polar surface area (TPSA) is 21.3 Å². The Morgan fingerprint density at radius 2 is 2.05 bits per heavy atom. The summed E-state index contributed by atoms with van der Waals surface area (Å²) in [7, 11) is 3.43. The van der Waals surface area contributed by atoms with Gasteiger partial charge < -0.3 is 10.1 Å². The molecular formula is C15H24FNOS. The van der Waals surface area contributed by atoms with E-state index in [-0.39, 0.29) is 11.9 Å². The third-order valence-corrected chi connectivity index (χ3v) is 4.45. The molecule has 108 valence electrons. The third kappa shape index (κ3) is 5.41. The van der Waals surface area contributed by atoms with Crippen molar-refractivity contribution in [3.8, 4) is 5.75 Å². The van der Waals surface area contributed by atoms with Crippen LogP contribution in [-0.2, 0) is 6.42 Å². The van der Waals surface area contributed by atoms with E-state index in [1.807, 2.05) is 30.9 Å². The minimum Gasteiger partial charge on any atom is -0.494 e. The van der Waals surface area contributed by atoms with Crippen LogP contribution >= 0.6 is 11.8 Å². The Bertz CT molecular complexity index is 384. The van der Waals surface area contributed by atoms with Crippen molar-refractivity contribution in [3.63, 3.8) is 0 Å². The molecule has 1 rings (SSSR count). The van der Waals surface area contributed by atoms with Gasteiger partial charge in [-0.15, -0.1) is 0 Å². The van der Waals surface area contributed by atoms with E-state index >= 15 is 0 Å². The second-order valence-corrected chi connectivity index (χ2v) is 6.13. The van der Waals surface area contributed by atoms with E-state index in [1.54, 1.807) is 6.07 Å². The second-order valence-electron chi connectivity index (χ2n) is 5.05. The first-order chi connectivity index (χ1) is 9.08. The van der Waals surface area contributed by atoms with Crippen molar-refractivity contribution in [1.29, 1.82) is 0 Å². The summed E-state index contributed by atoms with van der Waals surface area (Å²) in [5, 5.41) is 3.26. The summed E-state index contributed by atoms with van der Waals surface area (Å²) in [6, 6.07) is 5.60. The van der Waals surface area contributed by atoms with Gasteiger partial charge in [0.05, 0.1) is 7.11 Å². The monoisotopic (exact) mass is 285 g/mol. The van der Waals surface area contributed by atoms with Gasteiger partial charge in [-0.25, -0.2) is 4.39 Å². The van der Waals surface area contributed by atoms with Gasteiger partial charge >= 0.3 is 0 Å². The summed E-state index contributed by atoms with van der Waals surface area (Å²) in [4.78, 5) is 0. The number of likely N-dealkylation sites (N-methyl/N-ethyl adjacent to an activating group) is 1. The van der Waals surface area contributed by atoms with Crippen LogP contribution in [0.4, 0.5) is 4.39 Å². The van der Waals surface area contributed by atoms with Crippen molar-refractivity contribution in [2.24, 2.45) is 5.92 Å². The Morgan fingerprint density at radius 1 is 1.32 bits per heavy atom. The lowest BCUT2D eigenvalue weighted by molar-refractivity contribution is 0.383. The first-order valence-electron chi connectivity index (χ1n) is 6.64. The third-order valence-electron chi connectivity index (χ3n) is 2.91. The normalized spacial score (nSPS) is 12.7. The molecule has 4 heteroatoms. The molecule has 2 nitrogen and oxygen atoms in total. The van der Waals surface area contributed by atoms with Crippen molar-refractivity contribution in [2.75, 3.05) is 25.7 Å². The van der Waals surface area contributed by atoms with Gasteiger partial charge in [0.2, 0.25) is 0 Å². The Kier molecular flexibility index (Phi) is 7.24. The van der Waals surface area contributed by atoms with Crippen molar-refractivity contribution in [2.45, 2.75) is 26.3 Å². The van der Waals surface area contributed by atoms with Crippen molar-refractivity contribution < 1.29 is 9.13 Å². The number of rotatable bonds is 8. The molecule has 0 aliphatic rings. The number of hydrogen-bond donors (Lipinski definition) is 1. The van der Waals surface area contributed by atoms with Crippen LogP contribution in [0.3, 0.4) is 0 Å². The van der Waals surface area contributed by atoms with Gasteiger partial charge in [-0.3, -0.25) is 0 Å². The maximum absolute atomic E-state index is 14.1. The number of methoxy groups -OCH3 is 1. The molecule has 0 fully saturated rings. The van der Waals surface area contributed by atoms with E-state index in [4.69, 9.17) is 4.74 Å². The van der Waals surface area contributed by atoms with Gasteiger partial charge in [0, 0.05) is 11.8 Å². The van der Waals surface area contributed by atoms with E-state index in [0.717, 1.165) is 11.5 Å². The molecule has 0 aliphatic carbocycles. The molecule has 1 atom stereocenters. The fourth-order valence-corrected chi connectivity index (χ4v) is 3.00. The maximum Gasteiger partial charge on any atom is 0.168 e.